The van der Waals surface area contributed by atoms with Crippen molar-refractivity contribution in [2.45, 2.75) is 26.2 Å². The summed E-state index contributed by atoms with van der Waals surface area (Å²) in [5, 5.41) is 0.149. The molecule has 0 bridgehead atoms. The summed E-state index contributed by atoms with van der Waals surface area (Å²) in [4.78, 5) is 11.8. The zero-order valence-corrected chi connectivity index (χ0v) is 9.57. The predicted octanol–water partition coefficient (Wildman–Crippen LogP) is 3.77. The van der Waals surface area contributed by atoms with Gasteiger partial charge in [-0.2, -0.15) is 0 Å². The fraction of sp³-hybridized carbons (Fsp3) is 0.417. The van der Waals surface area contributed by atoms with Crippen LogP contribution in [0.15, 0.2) is 6.07 Å². The van der Waals surface area contributed by atoms with Crippen LogP contribution < -0.4 is 0 Å². The molecule has 0 saturated carbocycles. The second kappa shape index (κ2) is 4.13. The molecular weight excluding hydrogens is 234 g/mol. The molecule has 0 aliphatic heterocycles. The average molecular weight is 245 g/mol. The molecule has 4 heteroatoms. The van der Waals surface area contributed by atoms with Crippen molar-refractivity contribution in [3.05, 3.63) is 33.9 Å². The van der Waals surface area contributed by atoms with E-state index in [-0.39, 0.29) is 28.7 Å². The van der Waals surface area contributed by atoms with Gasteiger partial charge in [-0.15, -0.1) is 0 Å². The Morgan fingerprint density at radius 2 is 2.12 bits per heavy atom. The van der Waals surface area contributed by atoms with E-state index >= 15 is 0 Å². The van der Waals surface area contributed by atoms with Crippen LogP contribution in [-0.2, 0) is 6.42 Å². The summed E-state index contributed by atoms with van der Waals surface area (Å²) in [7, 11) is 0. The minimum atomic E-state index is -1.06. The van der Waals surface area contributed by atoms with E-state index in [1.807, 2.05) is 6.92 Å². The smallest absolute Gasteiger partial charge is 0.169 e. The Morgan fingerprint density at radius 1 is 1.44 bits per heavy atom. The zero-order valence-electron chi connectivity index (χ0n) is 8.82. The lowest BCUT2D eigenvalue weighted by molar-refractivity contribution is 0.0962. The number of Topliss-reactive ketones (excluding diaryl/α,β-unsaturated/α-hetero) is 1. The lowest BCUT2D eigenvalue weighted by Crippen LogP contribution is -2.08. The highest BCUT2D eigenvalue weighted by atomic mass is 35.5. The van der Waals surface area contributed by atoms with Gasteiger partial charge in [0.05, 0.1) is 5.56 Å². The van der Waals surface area contributed by atoms with E-state index in [0.717, 1.165) is 12.5 Å². The first-order chi connectivity index (χ1) is 7.50. The number of fused-ring (bicyclic) bond motifs is 1. The summed E-state index contributed by atoms with van der Waals surface area (Å²) in [5.74, 6) is -2.28. The molecule has 1 aromatic rings. The number of benzene rings is 1. The molecule has 0 N–H and O–H groups in total. The van der Waals surface area contributed by atoms with Crippen molar-refractivity contribution in [3.8, 4) is 0 Å². The SMILES string of the molecule is CC1CCc2c(Cl)cc(F)c(F)c2C(=O)C1. The minimum absolute atomic E-state index is 0.144. The van der Waals surface area contributed by atoms with Gasteiger partial charge in [0.2, 0.25) is 0 Å². The van der Waals surface area contributed by atoms with Crippen LogP contribution in [0, 0.1) is 17.6 Å². The predicted molar refractivity (Wildman–Crippen MR) is 57.8 cm³/mol. The molecule has 0 radical (unpaired) electrons. The molecule has 1 nitrogen and oxygen atoms in total. The summed E-state index contributed by atoms with van der Waals surface area (Å²) < 4.78 is 26.7. The maximum Gasteiger partial charge on any atom is 0.169 e. The summed E-state index contributed by atoms with van der Waals surface area (Å²) in [5.41, 5.74) is 0.310. The highest BCUT2D eigenvalue weighted by Crippen LogP contribution is 2.32. The van der Waals surface area contributed by atoms with E-state index in [4.69, 9.17) is 11.6 Å². The molecule has 1 unspecified atom stereocenters. The Morgan fingerprint density at radius 3 is 2.81 bits per heavy atom. The molecule has 0 heterocycles. The monoisotopic (exact) mass is 244 g/mol. The van der Waals surface area contributed by atoms with E-state index in [1.165, 1.54) is 0 Å². The number of hydrogen-bond acceptors (Lipinski definition) is 1. The fourth-order valence-corrected chi connectivity index (χ4v) is 2.36. The van der Waals surface area contributed by atoms with E-state index in [9.17, 15) is 13.6 Å². The summed E-state index contributed by atoms with van der Waals surface area (Å²) in [6.07, 6.45) is 1.55. The van der Waals surface area contributed by atoms with Crippen molar-refractivity contribution >= 4 is 17.4 Å². The van der Waals surface area contributed by atoms with Crippen LogP contribution in [0.5, 0.6) is 0 Å². The van der Waals surface area contributed by atoms with Crippen LogP contribution in [0.3, 0.4) is 0 Å². The maximum absolute atomic E-state index is 13.6. The zero-order chi connectivity index (χ0) is 11.9. The lowest BCUT2D eigenvalue weighted by atomic mass is 10.0. The third kappa shape index (κ3) is 1.84. The van der Waals surface area contributed by atoms with Crippen molar-refractivity contribution in [3.63, 3.8) is 0 Å². The molecule has 0 aromatic heterocycles. The van der Waals surface area contributed by atoms with Crippen molar-refractivity contribution in [1.29, 1.82) is 0 Å². The van der Waals surface area contributed by atoms with Gasteiger partial charge in [-0.1, -0.05) is 18.5 Å². The van der Waals surface area contributed by atoms with Gasteiger partial charge in [0.1, 0.15) is 0 Å². The third-order valence-electron chi connectivity index (χ3n) is 2.97. The summed E-state index contributed by atoms with van der Waals surface area (Å²) in [6, 6.07) is 0.943. The molecule has 0 spiro atoms. The van der Waals surface area contributed by atoms with E-state index in [0.29, 0.717) is 12.0 Å². The van der Waals surface area contributed by atoms with E-state index < -0.39 is 11.6 Å². The van der Waals surface area contributed by atoms with Gasteiger partial charge in [0.15, 0.2) is 17.4 Å². The van der Waals surface area contributed by atoms with Crippen LogP contribution in [0.2, 0.25) is 5.02 Å². The maximum atomic E-state index is 13.6. The highest BCUT2D eigenvalue weighted by Gasteiger charge is 2.27. The first-order valence-electron chi connectivity index (χ1n) is 5.20. The van der Waals surface area contributed by atoms with Gasteiger partial charge in [-0.3, -0.25) is 4.79 Å². The van der Waals surface area contributed by atoms with Crippen LogP contribution in [0.4, 0.5) is 8.78 Å². The Bertz CT molecular complexity index is 457. The number of hydrogen-bond donors (Lipinski definition) is 0. The van der Waals surface area contributed by atoms with Crippen LogP contribution >= 0.6 is 11.6 Å². The second-order valence-corrected chi connectivity index (χ2v) is 4.69. The van der Waals surface area contributed by atoms with Crippen molar-refractivity contribution in [2.24, 2.45) is 5.92 Å². The third-order valence-corrected chi connectivity index (χ3v) is 3.31. The molecule has 0 amide bonds. The van der Waals surface area contributed by atoms with Crippen LogP contribution in [-0.4, -0.2) is 5.78 Å². The average Bonchev–Trinajstić information content (AvgIpc) is 2.34. The van der Waals surface area contributed by atoms with E-state index in [1.54, 1.807) is 0 Å². The van der Waals surface area contributed by atoms with Crippen LogP contribution in [0.1, 0.15) is 35.7 Å². The first kappa shape index (κ1) is 11.5. The quantitative estimate of drug-likeness (QED) is 0.502. The minimum Gasteiger partial charge on any atom is -0.294 e. The Balaban J connectivity index is 2.64. The Hall–Kier alpha value is -0.960. The standard InChI is InChI=1S/C12H11ClF2O/c1-6-2-3-7-8(13)5-9(14)12(15)11(7)10(16)4-6/h5-6H,2-4H2,1H3. The Labute approximate surface area is 97.4 Å². The molecule has 1 atom stereocenters. The van der Waals surface area contributed by atoms with Gasteiger partial charge in [0, 0.05) is 11.4 Å². The second-order valence-electron chi connectivity index (χ2n) is 4.28. The number of rotatable bonds is 0. The van der Waals surface area contributed by atoms with E-state index in [2.05, 4.69) is 0 Å². The Kier molecular flexibility index (Phi) is 2.98. The van der Waals surface area contributed by atoms with Crippen molar-refractivity contribution < 1.29 is 13.6 Å². The largest absolute Gasteiger partial charge is 0.294 e. The molecule has 1 aliphatic carbocycles. The molecule has 86 valence electrons. The van der Waals surface area contributed by atoms with Crippen molar-refractivity contribution in [2.75, 3.05) is 0 Å². The van der Waals surface area contributed by atoms with Gasteiger partial charge in [0.25, 0.3) is 0 Å². The highest BCUT2D eigenvalue weighted by molar-refractivity contribution is 6.32. The molecule has 0 fully saturated rings. The molecule has 1 aromatic carbocycles. The molecule has 2 rings (SSSR count). The van der Waals surface area contributed by atoms with Gasteiger partial charge in [-0.25, -0.2) is 8.78 Å². The lowest BCUT2D eigenvalue weighted by Gasteiger charge is -2.08. The summed E-state index contributed by atoms with van der Waals surface area (Å²) in [6.45, 7) is 1.92. The number of ketones is 1. The first-order valence-corrected chi connectivity index (χ1v) is 5.58. The molecule has 1 aliphatic rings. The molecule has 0 saturated heterocycles. The van der Waals surface area contributed by atoms with Gasteiger partial charge < -0.3 is 0 Å². The topological polar surface area (TPSA) is 17.1 Å². The number of carbonyl (C=O) groups is 1. The number of halogens is 3. The normalized spacial score (nSPS) is 20.5. The fourth-order valence-electron chi connectivity index (χ4n) is 2.08. The van der Waals surface area contributed by atoms with Gasteiger partial charge >= 0.3 is 0 Å². The molecule has 16 heavy (non-hydrogen) atoms. The van der Waals surface area contributed by atoms with Crippen LogP contribution in [0.25, 0.3) is 0 Å². The summed E-state index contributed by atoms with van der Waals surface area (Å²) >= 11 is 5.85. The number of carbonyl (C=O) groups excluding carboxylic acids is 1. The van der Waals surface area contributed by atoms with Gasteiger partial charge in [-0.05, 0) is 30.4 Å². The molecular formula is C12H11ClF2O. The van der Waals surface area contributed by atoms with Crippen molar-refractivity contribution in [1.82, 2.24) is 0 Å².